The summed E-state index contributed by atoms with van der Waals surface area (Å²) in [6, 6.07) is 0. The largest absolute Gasteiger partial charge is 0.481 e. The topological polar surface area (TPSA) is 74.7 Å². The molecule has 1 aliphatic carbocycles. The second-order valence-corrected chi connectivity index (χ2v) is 7.61. The normalized spacial score (nSPS) is 31.0. The van der Waals surface area contributed by atoms with E-state index >= 15 is 0 Å². The van der Waals surface area contributed by atoms with Crippen LogP contribution < -0.4 is 0 Å². The van der Waals surface area contributed by atoms with Gasteiger partial charge in [-0.25, -0.2) is 12.7 Å². The van der Waals surface area contributed by atoms with Gasteiger partial charge in [-0.2, -0.15) is 0 Å². The molecule has 5 nitrogen and oxygen atoms in total. The summed E-state index contributed by atoms with van der Waals surface area (Å²) in [5.41, 5.74) is -0.303. The molecule has 1 saturated carbocycles. The summed E-state index contributed by atoms with van der Waals surface area (Å²) >= 11 is 0. The van der Waals surface area contributed by atoms with E-state index in [1.807, 2.05) is 6.92 Å². The van der Waals surface area contributed by atoms with Gasteiger partial charge in [0.1, 0.15) is 0 Å². The molecular formula is C11H19NO4S. The molecule has 0 amide bonds. The number of carbonyl (C=O) groups is 1. The lowest BCUT2D eigenvalue weighted by molar-refractivity contribution is -0.141. The van der Waals surface area contributed by atoms with E-state index in [1.54, 1.807) is 0 Å². The number of sulfonamides is 1. The molecule has 2 fully saturated rings. The SMILES string of the molecule is CC1CN(CC2(CC(=O)O)CCC2)S(=O)(=O)C1. The zero-order valence-electron chi connectivity index (χ0n) is 10.1. The minimum atomic E-state index is -3.14. The molecule has 2 aliphatic rings. The van der Waals surface area contributed by atoms with Gasteiger partial charge in [-0.1, -0.05) is 13.3 Å². The van der Waals surface area contributed by atoms with Crippen LogP contribution in [0.15, 0.2) is 0 Å². The van der Waals surface area contributed by atoms with Crippen LogP contribution in [0.2, 0.25) is 0 Å². The summed E-state index contributed by atoms with van der Waals surface area (Å²) in [7, 11) is -3.14. The van der Waals surface area contributed by atoms with Crippen LogP contribution >= 0.6 is 0 Å². The summed E-state index contributed by atoms with van der Waals surface area (Å²) < 4.78 is 25.2. The third-order valence-corrected chi connectivity index (χ3v) is 5.91. The number of nitrogens with zero attached hydrogens (tertiary/aromatic N) is 1. The molecule has 1 aliphatic heterocycles. The van der Waals surface area contributed by atoms with Gasteiger partial charge in [0.2, 0.25) is 10.0 Å². The summed E-state index contributed by atoms with van der Waals surface area (Å²) in [5.74, 6) is -0.466. The lowest BCUT2D eigenvalue weighted by atomic mass is 9.66. The van der Waals surface area contributed by atoms with Crippen molar-refractivity contribution in [2.45, 2.75) is 32.6 Å². The van der Waals surface area contributed by atoms with Gasteiger partial charge in [0, 0.05) is 13.1 Å². The van der Waals surface area contributed by atoms with Crippen molar-refractivity contribution in [1.82, 2.24) is 4.31 Å². The molecule has 17 heavy (non-hydrogen) atoms. The Kier molecular flexibility index (Phi) is 3.20. The maximum absolute atomic E-state index is 11.9. The average molecular weight is 261 g/mol. The minimum absolute atomic E-state index is 0.0907. The average Bonchev–Trinajstić information content (AvgIpc) is 2.34. The number of hydrogen-bond acceptors (Lipinski definition) is 3. The van der Waals surface area contributed by atoms with Gasteiger partial charge in [-0.3, -0.25) is 4.79 Å². The van der Waals surface area contributed by atoms with Crippen LogP contribution in [0.5, 0.6) is 0 Å². The van der Waals surface area contributed by atoms with Crippen molar-refractivity contribution >= 4 is 16.0 Å². The van der Waals surface area contributed by atoms with Gasteiger partial charge >= 0.3 is 5.97 Å². The van der Waals surface area contributed by atoms with Gasteiger partial charge in [-0.15, -0.1) is 0 Å². The lowest BCUT2D eigenvalue weighted by Gasteiger charge is -2.42. The van der Waals surface area contributed by atoms with E-state index in [1.165, 1.54) is 4.31 Å². The van der Waals surface area contributed by atoms with Crippen LogP contribution in [0, 0.1) is 11.3 Å². The number of aliphatic carboxylic acids is 1. The van der Waals surface area contributed by atoms with Crippen LogP contribution in [-0.2, 0) is 14.8 Å². The predicted octanol–water partition coefficient (Wildman–Crippen LogP) is 0.913. The Hall–Kier alpha value is -0.620. The molecule has 1 unspecified atom stereocenters. The minimum Gasteiger partial charge on any atom is -0.481 e. The fourth-order valence-electron chi connectivity index (χ4n) is 2.90. The maximum atomic E-state index is 11.9. The molecule has 1 N–H and O–H groups in total. The Bertz CT molecular complexity index is 413. The molecule has 0 radical (unpaired) electrons. The third kappa shape index (κ3) is 2.63. The molecule has 1 heterocycles. The van der Waals surface area contributed by atoms with Gasteiger partial charge < -0.3 is 5.11 Å². The highest BCUT2D eigenvalue weighted by atomic mass is 32.2. The maximum Gasteiger partial charge on any atom is 0.303 e. The summed E-state index contributed by atoms with van der Waals surface area (Å²) in [5, 5.41) is 8.90. The molecule has 0 aromatic heterocycles. The molecule has 0 aromatic rings. The highest BCUT2D eigenvalue weighted by molar-refractivity contribution is 7.89. The standard InChI is InChI=1S/C11H19NO4S/c1-9-6-12(17(15,16)7-9)8-11(3-2-4-11)5-10(13)14/h9H,2-8H2,1H3,(H,13,14). The second-order valence-electron chi connectivity index (χ2n) is 5.60. The van der Waals surface area contributed by atoms with E-state index in [4.69, 9.17) is 5.11 Å². The van der Waals surface area contributed by atoms with Crippen LogP contribution in [0.1, 0.15) is 32.6 Å². The van der Waals surface area contributed by atoms with E-state index in [9.17, 15) is 13.2 Å². The van der Waals surface area contributed by atoms with Gasteiger partial charge in [-0.05, 0) is 24.2 Å². The Morgan fingerprint density at radius 1 is 1.47 bits per heavy atom. The zero-order chi connectivity index (χ0) is 12.7. The first-order chi connectivity index (χ1) is 7.83. The van der Waals surface area contributed by atoms with E-state index < -0.39 is 16.0 Å². The molecule has 6 heteroatoms. The molecule has 1 atom stereocenters. The van der Waals surface area contributed by atoms with E-state index in [0.717, 1.165) is 19.3 Å². The number of carboxylic acid groups (broad SMARTS) is 1. The van der Waals surface area contributed by atoms with Crippen molar-refractivity contribution in [2.24, 2.45) is 11.3 Å². The van der Waals surface area contributed by atoms with Crippen molar-refractivity contribution in [3.05, 3.63) is 0 Å². The molecule has 0 aromatic carbocycles. The Labute approximate surface area is 102 Å². The van der Waals surface area contributed by atoms with E-state index in [2.05, 4.69) is 0 Å². The van der Waals surface area contributed by atoms with Crippen LogP contribution in [0.4, 0.5) is 0 Å². The fourth-order valence-corrected chi connectivity index (χ4v) is 4.89. The quantitative estimate of drug-likeness (QED) is 0.816. The van der Waals surface area contributed by atoms with Crippen LogP contribution in [0.3, 0.4) is 0 Å². The smallest absolute Gasteiger partial charge is 0.303 e. The van der Waals surface area contributed by atoms with Crippen molar-refractivity contribution in [1.29, 1.82) is 0 Å². The summed E-state index contributed by atoms with van der Waals surface area (Å²) in [4.78, 5) is 10.8. The van der Waals surface area contributed by atoms with Crippen LogP contribution in [-0.4, -0.2) is 42.6 Å². The van der Waals surface area contributed by atoms with Crippen molar-refractivity contribution in [3.8, 4) is 0 Å². The molecule has 98 valence electrons. The van der Waals surface area contributed by atoms with Crippen molar-refractivity contribution in [3.63, 3.8) is 0 Å². The fraction of sp³-hybridized carbons (Fsp3) is 0.909. The third-order valence-electron chi connectivity index (χ3n) is 3.86. The Morgan fingerprint density at radius 2 is 2.12 bits per heavy atom. The van der Waals surface area contributed by atoms with E-state index in [0.29, 0.717) is 13.1 Å². The molecule has 1 saturated heterocycles. The molecular weight excluding hydrogens is 242 g/mol. The number of carboxylic acids is 1. The number of hydrogen-bond donors (Lipinski definition) is 1. The second kappa shape index (κ2) is 4.24. The first-order valence-electron chi connectivity index (χ1n) is 6.03. The molecule has 0 bridgehead atoms. The van der Waals surface area contributed by atoms with Crippen molar-refractivity contribution in [2.75, 3.05) is 18.8 Å². The highest BCUT2D eigenvalue weighted by Crippen LogP contribution is 2.45. The monoisotopic (exact) mass is 261 g/mol. The Morgan fingerprint density at radius 3 is 2.47 bits per heavy atom. The van der Waals surface area contributed by atoms with Gasteiger partial charge in [0.05, 0.1) is 12.2 Å². The summed E-state index contributed by atoms with van der Waals surface area (Å²) in [6.45, 7) is 2.86. The van der Waals surface area contributed by atoms with Crippen LogP contribution in [0.25, 0.3) is 0 Å². The predicted molar refractivity (Wildman–Crippen MR) is 63.1 cm³/mol. The zero-order valence-corrected chi connectivity index (χ0v) is 10.9. The van der Waals surface area contributed by atoms with Crippen molar-refractivity contribution < 1.29 is 18.3 Å². The Balaban J connectivity index is 2.07. The first-order valence-corrected chi connectivity index (χ1v) is 7.64. The highest BCUT2D eigenvalue weighted by Gasteiger charge is 2.45. The van der Waals surface area contributed by atoms with E-state index in [-0.39, 0.29) is 23.5 Å². The van der Waals surface area contributed by atoms with Gasteiger partial charge in [0.15, 0.2) is 0 Å². The molecule has 0 spiro atoms. The first kappa shape index (κ1) is 12.8. The summed E-state index contributed by atoms with van der Waals surface area (Å²) in [6.07, 6.45) is 2.77. The lowest BCUT2D eigenvalue weighted by Crippen LogP contribution is -2.44. The molecule has 2 rings (SSSR count). The van der Waals surface area contributed by atoms with Gasteiger partial charge in [0.25, 0.3) is 0 Å². The number of rotatable bonds is 4.